The molecule has 0 aliphatic carbocycles. The number of aromatic nitrogens is 1. The Bertz CT molecular complexity index is 888. The van der Waals surface area contributed by atoms with Gasteiger partial charge in [-0.05, 0) is 37.4 Å². The number of para-hydroxylation sites is 1. The summed E-state index contributed by atoms with van der Waals surface area (Å²) in [4.78, 5) is 18.2. The summed E-state index contributed by atoms with van der Waals surface area (Å²) in [6, 6.07) is 18.7. The van der Waals surface area contributed by atoms with Gasteiger partial charge in [0.1, 0.15) is 6.61 Å². The monoisotopic (exact) mass is 362 g/mol. The van der Waals surface area contributed by atoms with Crippen LogP contribution in [0.25, 0.3) is 10.9 Å². The molecule has 1 aliphatic heterocycles. The number of benzene rings is 2. The van der Waals surface area contributed by atoms with Crippen molar-refractivity contribution in [3.63, 3.8) is 0 Å². The highest BCUT2D eigenvalue weighted by molar-refractivity contribution is 6.03. The minimum Gasteiger partial charge on any atom is -0.460 e. The highest BCUT2D eigenvalue weighted by atomic mass is 16.5. The van der Waals surface area contributed by atoms with E-state index >= 15 is 0 Å². The molecule has 27 heavy (non-hydrogen) atoms. The van der Waals surface area contributed by atoms with Crippen LogP contribution in [0, 0.1) is 0 Å². The van der Waals surface area contributed by atoms with Crippen LogP contribution in [-0.4, -0.2) is 41.6 Å². The van der Waals surface area contributed by atoms with Crippen molar-refractivity contribution in [2.24, 2.45) is 0 Å². The van der Waals surface area contributed by atoms with Gasteiger partial charge in [0.15, 0.2) is 0 Å². The van der Waals surface area contributed by atoms with E-state index < -0.39 is 0 Å². The van der Waals surface area contributed by atoms with Gasteiger partial charge in [-0.2, -0.15) is 0 Å². The van der Waals surface area contributed by atoms with E-state index in [-0.39, 0.29) is 5.97 Å². The molecule has 1 aliphatic rings. The van der Waals surface area contributed by atoms with Crippen LogP contribution in [0.4, 0.5) is 0 Å². The third kappa shape index (κ3) is 4.22. The standard InChI is InChI=1S/C23H26N2O2/c26-23(21-16-24-22-12-5-4-11-20(21)22)27-17-19-10-6-7-14-25(19)15-13-18-8-2-1-3-9-18/h1-5,8-9,11-12,16,19,24H,6-7,10,13-15,17H2. The fourth-order valence-corrected chi connectivity index (χ4v) is 3.95. The van der Waals surface area contributed by atoms with Crippen molar-refractivity contribution >= 4 is 16.9 Å². The average Bonchev–Trinajstić information content (AvgIpc) is 3.16. The van der Waals surface area contributed by atoms with Crippen LogP contribution in [0.3, 0.4) is 0 Å². The van der Waals surface area contributed by atoms with Crippen LogP contribution in [-0.2, 0) is 11.2 Å². The van der Waals surface area contributed by atoms with Crippen LogP contribution < -0.4 is 0 Å². The predicted molar refractivity (Wildman–Crippen MR) is 108 cm³/mol. The first-order valence-corrected chi connectivity index (χ1v) is 9.82. The third-order valence-electron chi connectivity index (χ3n) is 5.50. The van der Waals surface area contributed by atoms with Crippen LogP contribution in [0.5, 0.6) is 0 Å². The number of hydrogen-bond donors (Lipinski definition) is 1. The van der Waals surface area contributed by atoms with Gasteiger partial charge in [-0.15, -0.1) is 0 Å². The van der Waals surface area contributed by atoms with Gasteiger partial charge in [-0.1, -0.05) is 55.0 Å². The molecule has 1 fully saturated rings. The Labute approximate surface area is 160 Å². The number of carbonyl (C=O) groups excluding carboxylic acids is 1. The topological polar surface area (TPSA) is 45.3 Å². The highest BCUT2D eigenvalue weighted by Gasteiger charge is 2.24. The maximum absolute atomic E-state index is 12.6. The van der Waals surface area contributed by atoms with Crippen molar-refractivity contribution in [1.82, 2.24) is 9.88 Å². The van der Waals surface area contributed by atoms with Crippen LogP contribution in [0.1, 0.15) is 35.2 Å². The number of H-pyrrole nitrogens is 1. The number of carbonyl (C=O) groups is 1. The van der Waals surface area contributed by atoms with E-state index in [1.807, 2.05) is 24.3 Å². The number of esters is 1. The molecule has 4 heteroatoms. The number of likely N-dealkylation sites (tertiary alicyclic amines) is 1. The van der Waals surface area contributed by atoms with Gasteiger partial charge in [0.05, 0.1) is 5.56 Å². The van der Waals surface area contributed by atoms with Crippen molar-refractivity contribution in [3.05, 3.63) is 71.9 Å². The van der Waals surface area contributed by atoms with Crippen molar-refractivity contribution in [1.29, 1.82) is 0 Å². The summed E-state index contributed by atoms with van der Waals surface area (Å²) in [5, 5.41) is 0.923. The quantitative estimate of drug-likeness (QED) is 0.660. The molecule has 4 nitrogen and oxygen atoms in total. The second kappa shape index (κ2) is 8.40. The zero-order valence-corrected chi connectivity index (χ0v) is 15.6. The molecule has 4 rings (SSSR count). The summed E-state index contributed by atoms with van der Waals surface area (Å²) in [5.41, 5.74) is 2.95. The second-order valence-corrected chi connectivity index (χ2v) is 7.27. The number of nitrogens with zero attached hydrogens (tertiary/aromatic N) is 1. The minimum atomic E-state index is -0.235. The molecule has 0 spiro atoms. The number of hydrogen-bond acceptors (Lipinski definition) is 3. The number of aromatic amines is 1. The Hall–Kier alpha value is -2.59. The van der Waals surface area contributed by atoms with Crippen molar-refractivity contribution in [2.75, 3.05) is 19.7 Å². The molecular weight excluding hydrogens is 336 g/mol. The Morgan fingerprint density at radius 1 is 1.07 bits per heavy atom. The van der Waals surface area contributed by atoms with Crippen molar-refractivity contribution in [2.45, 2.75) is 31.7 Å². The lowest BCUT2D eigenvalue weighted by Gasteiger charge is -2.35. The predicted octanol–water partition coefficient (Wildman–Crippen LogP) is 4.42. The van der Waals surface area contributed by atoms with E-state index in [2.05, 4.69) is 40.2 Å². The zero-order valence-electron chi connectivity index (χ0n) is 15.6. The largest absolute Gasteiger partial charge is 0.460 e. The first-order valence-electron chi connectivity index (χ1n) is 9.82. The fraction of sp³-hybridized carbons (Fsp3) is 0.348. The Balaban J connectivity index is 1.36. The van der Waals surface area contributed by atoms with Crippen LogP contribution in [0.15, 0.2) is 60.8 Å². The highest BCUT2D eigenvalue weighted by Crippen LogP contribution is 2.21. The zero-order chi connectivity index (χ0) is 18.5. The maximum Gasteiger partial charge on any atom is 0.340 e. The molecule has 0 saturated carbocycles. The molecular formula is C23H26N2O2. The molecule has 3 aromatic rings. The van der Waals surface area contributed by atoms with E-state index in [9.17, 15) is 4.79 Å². The summed E-state index contributed by atoms with van der Waals surface area (Å²) in [6.45, 7) is 2.56. The number of ether oxygens (including phenoxy) is 1. The fourth-order valence-electron chi connectivity index (χ4n) is 3.95. The summed E-state index contributed by atoms with van der Waals surface area (Å²) in [6.07, 6.45) is 6.31. The van der Waals surface area contributed by atoms with Gasteiger partial charge in [-0.3, -0.25) is 4.90 Å². The number of piperidine rings is 1. The van der Waals surface area contributed by atoms with E-state index in [1.54, 1.807) is 6.20 Å². The number of nitrogens with one attached hydrogen (secondary N) is 1. The molecule has 2 aromatic carbocycles. The van der Waals surface area contributed by atoms with Crippen LogP contribution in [0.2, 0.25) is 0 Å². The Kier molecular flexibility index (Phi) is 5.54. The van der Waals surface area contributed by atoms with Crippen molar-refractivity contribution < 1.29 is 9.53 Å². The van der Waals surface area contributed by atoms with Gasteiger partial charge in [0.2, 0.25) is 0 Å². The van der Waals surface area contributed by atoms with Gasteiger partial charge in [-0.25, -0.2) is 4.79 Å². The van der Waals surface area contributed by atoms with Gasteiger partial charge in [0.25, 0.3) is 0 Å². The summed E-state index contributed by atoms with van der Waals surface area (Å²) >= 11 is 0. The van der Waals surface area contributed by atoms with E-state index in [0.29, 0.717) is 18.2 Å². The summed E-state index contributed by atoms with van der Waals surface area (Å²) in [7, 11) is 0. The molecule has 0 amide bonds. The first kappa shape index (κ1) is 17.8. The molecule has 140 valence electrons. The second-order valence-electron chi connectivity index (χ2n) is 7.27. The molecule has 1 saturated heterocycles. The minimum absolute atomic E-state index is 0.235. The first-order chi connectivity index (χ1) is 13.3. The number of rotatable bonds is 6. The Morgan fingerprint density at radius 3 is 2.78 bits per heavy atom. The Morgan fingerprint density at radius 2 is 1.89 bits per heavy atom. The van der Waals surface area contributed by atoms with E-state index in [4.69, 9.17) is 4.74 Å². The normalized spacial score (nSPS) is 17.9. The summed E-state index contributed by atoms with van der Waals surface area (Å²) in [5.74, 6) is -0.235. The molecule has 1 atom stereocenters. The molecule has 0 bridgehead atoms. The molecule has 0 radical (unpaired) electrons. The average molecular weight is 362 g/mol. The lowest BCUT2D eigenvalue weighted by molar-refractivity contribution is 0.0284. The lowest BCUT2D eigenvalue weighted by Crippen LogP contribution is -2.43. The summed E-state index contributed by atoms with van der Waals surface area (Å²) < 4.78 is 5.72. The van der Waals surface area contributed by atoms with Gasteiger partial charge < -0.3 is 9.72 Å². The maximum atomic E-state index is 12.6. The lowest BCUT2D eigenvalue weighted by atomic mass is 10.0. The number of fused-ring (bicyclic) bond motifs is 1. The smallest absolute Gasteiger partial charge is 0.340 e. The molecule has 1 unspecified atom stereocenters. The molecule has 1 aromatic heterocycles. The molecule has 1 N–H and O–H groups in total. The van der Waals surface area contributed by atoms with Gasteiger partial charge >= 0.3 is 5.97 Å². The van der Waals surface area contributed by atoms with Gasteiger partial charge in [0, 0.05) is 29.7 Å². The molecule has 2 heterocycles. The van der Waals surface area contributed by atoms with E-state index in [1.165, 1.54) is 18.4 Å². The van der Waals surface area contributed by atoms with Crippen molar-refractivity contribution in [3.8, 4) is 0 Å². The van der Waals surface area contributed by atoms with E-state index in [0.717, 1.165) is 36.8 Å². The SMILES string of the molecule is O=C(OCC1CCCCN1CCc1ccccc1)c1c[nH]c2ccccc12. The van der Waals surface area contributed by atoms with Crippen LogP contribution >= 0.6 is 0 Å². The third-order valence-corrected chi connectivity index (χ3v) is 5.50.